The maximum absolute atomic E-state index is 11.4. The molecule has 0 saturated carbocycles. The third-order valence-electron chi connectivity index (χ3n) is 1.49. The van der Waals surface area contributed by atoms with Gasteiger partial charge in [-0.05, 0) is 41.6 Å². The minimum atomic E-state index is -0.446. The molecule has 0 amide bonds. The average Bonchev–Trinajstić information content (AvgIpc) is 2.11. The van der Waals surface area contributed by atoms with Crippen molar-refractivity contribution in [2.24, 2.45) is 0 Å². The Morgan fingerprint density at radius 2 is 2.14 bits per heavy atom. The van der Waals surface area contributed by atoms with Gasteiger partial charge in [-0.3, -0.25) is 0 Å². The fourth-order valence-corrected chi connectivity index (χ4v) is 2.13. The Balaban J connectivity index is 3.13. The molecule has 76 valence electrons. The zero-order chi connectivity index (χ0) is 10.7. The van der Waals surface area contributed by atoms with E-state index in [0.29, 0.717) is 17.2 Å². The second-order valence-corrected chi connectivity index (χ2v) is 4.50. The van der Waals surface area contributed by atoms with E-state index in [2.05, 4.69) is 22.6 Å². The van der Waals surface area contributed by atoms with Crippen molar-refractivity contribution in [3.05, 3.63) is 31.3 Å². The summed E-state index contributed by atoms with van der Waals surface area (Å²) in [6, 6.07) is 3.33. The number of ether oxygens (including phenoxy) is 1. The van der Waals surface area contributed by atoms with Gasteiger partial charge in [0.2, 0.25) is 0 Å². The van der Waals surface area contributed by atoms with Gasteiger partial charge in [0.1, 0.15) is 0 Å². The third-order valence-corrected chi connectivity index (χ3v) is 2.91. The van der Waals surface area contributed by atoms with Crippen molar-refractivity contribution >= 4 is 51.8 Å². The molecule has 0 bridgehead atoms. The minimum Gasteiger partial charge on any atom is -0.462 e. The number of carbonyl (C=O) groups excluding carboxylic acids is 1. The van der Waals surface area contributed by atoms with E-state index in [1.807, 2.05) is 0 Å². The lowest BCUT2D eigenvalue weighted by atomic mass is 10.2. The molecule has 0 fully saturated rings. The van der Waals surface area contributed by atoms with Crippen LogP contribution in [0.15, 0.2) is 12.1 Å². The van der Waals surface area contributed by atoms with Crippen LogP contribution in [0.2, 0.25) is 10.0 Å². The molecule has 0 aliphatic rings. The number of esters is 1. The summed E-state index contributed by atoms with van der Waals surface area (Å²) in [5.41, 5.74) is 0.311. The van der Waals surface area contributed by atoms with Crippen LogP contribution in [0.3, 0.4) is 0 Å². The van der Waals surface area contributed by atoms with E-state index < -0.39 is 5.97 Å². The number of hydrogen-bond donors (Lipinski definition) is 0. The molecule has 0 unspecified atom stereocenters. The van der Waals surface area contributed by atoms with Crippen LogP contribution in [0.25, 0.3) is 0 Å². The second kappa shape index (κ2) is 5.19. The van der Waals surface area contributed by atoms with Crippen molar-refractivity contribution in [2.45, 2.75) is 6.92 Å². The predicted molar refractivity (Wildman–Crippen MR) is 65.1 cm³/mol. The van der Waals surface area contributed by atoms with E-state index in [1.165, 1.54) is 0 Å². The van der Waals surface area contributed by atoms with Gasteiger partial charge >= 0.3 is 5.97 Å². The summed E-state index contributed by atoms with van der Waals surface area (Å²) in [6.07, 6.45) is 0. The van der Waals surface area contributed by atoms with Gasteiger partial charge in [-0.15, -0.1) is 0 Å². The van der Waals surface area contributed by atoms with Crippen molar-refractivity contribution in [1.82, 2.24) is 0 Å². The van der Waals surface area contributed by atoms with Gasteiger partial charge in [-0.2, -0.15) is 0 Å². The summed E-state index contributed by atoms with van der Waals surface area (Å²) in [5, 5.41) is 0.604. The molecule has 0 saturated heterocycles. The molecule has 1 rings (SSSR count). The van der Waals surface area contributed by atoms with Crippen LogP contribution in [0.1, 0.15) is 17.3 Å². The van der Waals surface area contributed by atoms with Crippen LogP contribution in [-0.4, -0.2) is 12.6 Å². The van der Waals surface area contributed by atoms with E-state index in [9.17, 15) is 4.79 Å². The highest BCUT2D eigenvalue weighted by atomic mass is 127. The smallest absolute Gasteiger partial charge is 0.339 e. The number of rotatable bonds is 2. The van der Waals surface area contributed by atoms with Crippen LogP contribution in [-0.2, 0) is 4.74 Å². The van der Waals surface area contributed by atoms with Crippen molar-refractivity contribution < 1.29 is 9.53 Å². The van der Waals surface area contributed by atoms with Crippen LogP contribution in [0.4, 0.5) is 0 Å². The Bertz CT molecular complexity index is 366. The van der Waals surface area contributed by atoms with Gasteiger partial charge in [0.05, 0.1) is 22.2 Å². The molecule has 14 heavy (non-hydrogen) atoms. The molecule has 0 atom stereocenters. The monoisotopic (exact) mass is 344 g/mol. The van der Waals surface area contributed by atoms with Crippen LogP contribution in [0, 0.1) is 3.57 Å². The first-order valence-corrected chi connectivity index (χ1v) is 5.71. The maximum Gasteiger partial charge on any atom is 0.339 e. The zero-order valence-electron chi connectivity index (χ0n) is 7.31. The summed E-state index contributed by atoms with van der Waals surface area (Å²) < 4.78 is 5.68. The van der Waals surface area contributed by atoms with Gasteiger partial charge in [-0.1, -0.05) is 23.2 Å². The molecule has 1 aromatic rings. The molecule has 0 N–H and O–H groups in total. The summed E-state index contributed by atoms with van der Waals surface area (Å²) in [7, 11) is 0. The number of benzene rings is 1. The van der Waals surface area contributed by atoms with Gasteiger partial charge < -0.3 is 4.74 Å². The molecular formula is C9H7Cl2IO2. The summed E-state index contributed by atoms with van der Waals surface area (Å²) in [6.45, 7) is 2.06. The predicted octanol–water partition coefficient (Wildman–Crippen LogP) is 3.77. The topological polar surface area (TPSA) is 26.3 Å². The lowest BCUT2D eigenvalue weighted by Gasteiger charge is -2.05. The van der Waals surface area contributed by atoms with E-state index in [-0.39, 0.29) is 5.02 Å². The number of halogens is 3. The van der Waals surface area contributed by atoms with Gasteiger partial charge in [0.15, 0.2) is 0 Å². The third kappa shape index (κ3) is 2.74. The molecule has 2 nitrogen and oxygen atoms in total. The fraction of sp³-hybridized carbons (Fsp3) is 0.222. The van der Waals surface area contributed by atoms with Crippen LogP contribution in [0.5, 0.6) is 0 Å². The maximum atomic E-state index is 11.4. The first-order valence-electron chi connectivity index (χ1n) is 3.88. The number of carbonyl (C=O) groups is 1. The standard InChI is InChI=1S/C9H7Cl2IO2/c1-2-14-9(13)6-3-5(12)4-7(10)8(6)11/h3-4H,2H2,1H3. The lowest BCUT2D eigenvalue weighted by molar-refractivity contribution is 0.0526. The van der Waals surface area contributed by atoms with Gasteiger partial charge in [-0.25, -0.2) is 4.79 Å². The van der Waals surface area contributed by atoms with E-state index in [0.717, 1.165) is 3.57 Å². The number of hydrogen-bond acceptors (Lipinski definition) is 2. The SMILES string of the molecule is CCOC(=O)c1cc(I)cc(Cl)c1Cl. The molecule has 1 aromatic carbocycles. The van der Waals surface area contributed by atoms with E-state index in [4.69, 9.17) is 27.9 Å². The first kappa shape index (κ1) is 12.1. The Morgan fingerprint density at radius 3 is 2.71 bits per heavy atom. The quantitative estimate of drug-likeness (QED) is 0.463. The minimum absolute atomic E-state index is 0.241. The van der Waals surface area contributed by atoms with E-state index in [1.54, 1.807) is 19.1 Å². The molecule has 0 aliphatic carbocycles. The van der Waals surface area contributed by atoms with Gasteiger partial charge in [0.25, 0.3) is 0 Å². The summed E-state index contributed by atoms with van der Waals surface area (Å²) >= 11 is 13.7. The second-order valence-electron chi connectivity index (χ2n) is 2.47. The van der Waals surface area contributed by atoms with Gasteiger partial charge in [0, 0.05) is 3.57 Å². The normalized spacial score (nSPS) is 10.0. The molecule has 0 aromatic heterocycles. The lowest BCUT2D eigenvalue weighted by Crippen LogP contribution is -2.05. The first-order chi connectivity index (χ1) is 6.56. The highest BCUT2D eigenvalue weighted by molar-refractivity contribution is 14.1. The fourth-order valence-electron chi connectivity index (χ4n) is 0.913. The molecule has 0 radical (unpaired) electrons. The highest BCUT2D eigenvalue weighted by Crippen LogP contribution is 2.28. The van der Waals surface area contributed by atoms with Crippen LogP contribution >= 0.6 is 45.8 Å². The average molecular weight is 345 g/mol. The Labute approximate surface area is 106 Å². The largest absolute Gasteiger partial charge is 0.462 e. The molecule has 0 heterocycles. The van der Waals surface area contributed by atoms with Crippen molar-refractivity contribution in [3.63, 3.8) is 0 Å². The molecule has 0 spiro atoms. The van der Waals surface area contributed by atoms with E-state index >= 15 is 0 Å². The summed E-state index contributed by atoms with van der Waals surface area (Å²) in [4.78, 5) is 11.4. The highest BCUT2D eigenvalue weighted by Gasteiger charge is 2.14. The Kier molecular flexibility index (Phi) is 4.47. The molecular weight excluding hydrogens is 338 g/mol. The van der Waals surface area contributed by atoms with Crippen molar-refractivity contribution in [1.29, 1.82) is 0 Å². The zero-order valence-corrected chi connectivity index (χ0v) is 11.0. The Morgan fingerprint density at radius 1 is 1.50 bits per heavy atom. The molecule has 5 heteroatoms. The van der Waals surface area contributed by atoms with Crippen molar-refractivity contribution in [3.8, 4) is 0 Å². The van der Waals surface area contributed by atoms with Crippen LogP contribution < -0.4 is 0 Å². The Hall–Kier alpha value is -0.000000000000000111. The molecule has 0 aliphatic heterocycles. The van der Waals surface area contributed by atoms with Crippen molar-refractivity contribution in [2.75, 3.05) is 6.61 Å². The summed E-state index contributed by atoms with van der Waals surface area (Å²) in [5.74, 6) is -0.446.